The fourth-order valence-electron chi connectivity index (χ4n) is 2.93. The van der Waals surface area contributed by atoms with Crippen LogP contribution in [0.1, 0.15) is 12.0 Å². The van der Waals surface area contributed by atoms with Crippen LogP contribution in [0.5, 0.6) is 0 Å². The summed E-state index contributed by atoms with van der Waals surface area (Å²) >= 11 is 4.38. The average Bonchev–Trinajstić information content (AvgIpc) is 3.01. The Hall–Kier alpha value is -2.86. The maximum atomic E-state index is 12.3. The Morgan fingerprint density at radius 3 is 2.62 bits per heavy atom. The van der Waals surface area contributed by atoms with E-state index in [4.69, 9.17) is 15.9 Å². The third-order valence-electron chi connectivity index (χ3n) is 4.48. The summed E-state index contributed by atoms with van der Waals surface area (Å²) < 4.78 is 5.11. The summed E-state index contributed by atoms with van der Waals surface area (Å²) in [6, 6.07) is 5.26. The Balaban J connectivity index is 1.82. The van der Waals surface area contributed by atoms with Crippen LogP contribution in [0.4, 0.5) is 10.5 Å². The number of hydrogen-bond donors (Lipinski definition) is 4. The summed E-state index contributed by atoms with van der Waals surface area (Å²) in [7, 11) is 1.85. The number of nitro benzene ring substituents is 1. The summed E-state index contributed by atoms with van der Waals surface area (Å²) in [5.74, 6) is -0.687. The lowest BCUT2D eigenvalue weighted by Crippen LogP contribution is -2.48. The van der Waals surface area contributed by atoms with E-state index in [9.17, 15) is 19.7 Å². The number of benzene rings is 1. The molecule has 2 amide bonds. The van der Waals surface area contributed by atoms with Gasteiger partial charge >= 0.3 is 6.09 Å². The first-order valence-electron chi connectivity index (χ1n) is 8.86. The number of nitrogens with one attached hydrogen (secondary N) is 2. The van der Waals surface area contributed by atoms with Crippen LogP contribution in [-0.2, 0) is 16.1 Å². The molecule has 12 heteroatoms. The first-order chi connectivity index (χ1) is 13.7. The summed E-state index contributed by atoms with van der Waals surface area (Å²) in [5, 5.41) is 21.1. The number of ether oxygens (including phenoxy) is 1. The van der Waals surface area contributed by atoms with Crippen molar-refractivity contribution >= 4 is 36.3 Å². The molecule has 0 radical (unpaired) electrons. The van der Waals surface area contributed by atoms with Gasteiger partial charge in [-0.3, -0.25) is 25.2 Å². The first-order valence-corrected chi connectivity index (χ1v) is 9.38. The number of likely N-dealkylation sites (tertiary alicyclic amines) is 1. The van der Waals surface area contributed by atoms with Crippen LogP contribution in [0.2, 0.25) is 0 Å². The van der Waals surface area contributed by atoms with Crippen molar-refractivity contribution in [3.05, 3.63) is 39.9 Å². The van der Waals surface area contributed by atoms with Gasteiger partial charge in [0.1, 0.15) is 6.61 Å². The molecule has 0 spiro atoms. The maximum Gasteiger partial charge on any atom is 0.417 e. The SMILES string of the molecule is CN1C[C@@H](S)C[C@H]1C(=O)NCCN(C(=N)N)C(=O)OCc1ccc([N+](=O)[O-])cc1. The minimum atomic E-state index is -0.849. The number of thiol groups is 1. The molecule has 0 aromatic heterocycles. The summed E-state index contributed by atoms with van der Waals surface area (Å²) in [6.07, 6.45) is -0.211. The second-order valence-corrected chi connectivity index (χ2v) is 7.38. The average molecular weight is 424 g/mol. The molecule has 158 valence electrons. The lowest BCUT2D eigenvalue weighted by molar-refractivity contribution is -0.384. The van der Waals surface area contributed by atoms with Gasteiger partial charge in [-0.15, -0.1) is 0 Å². The highest BCUT2D eigenvalue weighted by atomic mass is 32.1. The van der Waals surface area contributed by atoms with Gasteiger partial charge in [-0.1, -0.05) is 0 Å². The van der Waals surface area contributed by atoms with Crippen molar-refractivity contribution in [3.8, 4) is 0 Å². The van der Waals surface area contributed by atoms with Crippen molar-refractivity contribution in [2.24, 2.45) is 5.73 Å². The van der Waals surface area contributed by atoms with E-state index in [1.165, 1.54) is 24.3 Å². The Bertz CT molecular complexity index is 774. The molecule has 1 saturated heterocycles. The van der Waals surface area contributed by atoms with Crippen LogP contribution in [0, 0.1) is 15.5 Å². The Kier molecular flexibility index (Phi) is 7.79. The van der Waals surface area contributed by atoms with E-state index < -0.39 is 17.0 Å². The number of non-ortho nitro benzene ring substituents is 1. The minimum Gasteiger partial charge on any atom is -0.444 e. The predicted octanol–water partition coefficient (Wildman–Crippen LogP) is 0.546. The summed E-state index contributed by atoms with van der Waals surface area (Å²) in [5.41, 5.74) is 5.92. The van der Waals surface area contributed by atoms with Crippen molar-refractivity contribution in [2.75, 3.05) is 26.7 Å². The standard InChI is InChI=1S/C17H24N6O5S/c1-21-9-13(29)8-14(21)15(24)20-6-7-22(16(18)19)17(25)28-10-11-2-4-12(5-3-11)23(26)27/h2-5,13-14,29H,6-10H2,1H3,(H3,18,19)(H,20,24)/t13-,14-/m0/s1. The fraction of sp³-hybridized carbons (Fsp3) is 0.471. The van der Waals surface area contributed by atoms with Crippen molar-refractivity contribution in [3.63, 3.8) is 0 Å². The Morgan fingerprint density at radius 2 is 2.10 bits per heavy atom. The van der Waals surface area contributed by atoms with E-state index in [1.807, 2.05) is 11.9 Å². The number of amides is 2. The molecule has 11 nitrogen and oxygen atoms in total. The second-order valence-electron chi connectivity index (χ2n) is 6.65. The van der Waals surface area contributed by atoms with Gasteiger partial charge in [0.15, 0.2) is 5.96 Å². The maximum absolute atomic E-state index is 12.3. The summed E-state index contributed by atoms with van der Waals surface area (Å²) in [4.78, 5) is 37.4. The van der Waals surface area contributed by atoms with Gasteiger partial charge in [-0.25, -0.2) is 9.69 Å². The Labute approximate surface area is 173 Å². The van der Waals surface area contributed by atoms with Crippen molar-refractivity contribution in [2.45, 2.75) is 24.3 Å². The smallest absolute Gasteiger partial charge is 0.417 e. The number of guanidine groups is 1. The van der Waals surface area contributed by atoms with Crippen LogP contribution in [0.15, 0.2) is 24.3 Å². The highest BCUT2D eigenvalue weighted by Gasteiger charge is 2.32. The summed E-state index contributed by atoms with van der Waals surface area (Å²) in [6.45, 7) is 0.659. The van der Waals surface area contributed by atoms with Crippen molar-refractivity contribution in [1.82, 2.24) is 15.1 Å². The van der Waals surface area contributed by atoms with Gasteiger partial charge in [0.2, 0.25) is 5.91 Å². The predicted molar refractivity (Wildman–Crippen MR) is 109 cm³/mol. The quantitative estimate of drug-likeness (QED) is 0.164. The molecule has 1 fully saturated rings. The molecule has 0 aliphatic carbocycles. The number of hydrogen-bond acceptors (Lipinski definition) is 8. The van der Waals surface area contributed by atoms with E-state index >= 15 is 0 Å². The van der Waals surface area contributed by atoms with Crippen molar-refractivity contribution in [1.29, 1.82) is 5.41 Å². The second kappa shape index (κ2) is 10.1. The number of carbonyl (C=O) groups excluding carboxylic acids is 2. The third-order valence-corrected chi connectivity index (χ3v) is 4.86. The van der Waals surface area contributed by atoms with Gasteiger partial charge in [-0.2, -0.15) is 12.6 Å². The number of likely N-dealkylation sites (N-methyl/N-ethyl adjacent to an activating group) is 1. The number of nitro groups is 1. The molecule has 1 aliphatic rings. The molecule has 1 aromatic carbocycles. The number of nitrogens with zero attached hydrogens (tertiary/aromatic N) is 3. The topological polar surface area (TPSA) is 155 Å². The van der Waals surface area contributed by atoms with Gasteiger partial charge in [0.05, 0.1) is 11.0 Å². The van der Waals surface area contributed by atoms with E-state index in [1.54, 1.807) is 0 Å². The van der Waals surface area contributed by atoms with Crippen LogP contribution < -0.4 is 11.1 Å². The molecule has 4 N–H and O–H groups in total. The lowest BCUT2D eigenvalue weighted by atomic mass is 10.2. The highest BCUT2D eigenvalue weighted by Crippen LogP contribution is 2.19. The van der Waals surface area contributed by atoms with Crippen LogP contribution >= 0.6 is 12.6 Å². The molecule has 1 heterocycles. The number of nitrogens with two attached hydrogens (primary N) is 1. The van der Waals surface area contributed by atoms with E-state index in [-0.39, 0.29) is 42.6 Å². The first kappa shape index (κ1) is 22.4. The highest BCUT2D eigenvalue weighted by molar-refractivity contribution is 7.81. The molecule has 2 rings (SSSR count). The molecule has 2 atom stereocenters. The Morgan fingerprint density at radius 1 is 1.45 bits per heavy atom. The molecule has 0 saturated carbocycles. The van der Waals surface area contributed by atoms with E-state index in [2.05, 4.69) is 17.9 Å². The van der Waals surface area contributed by atoms with E-state index in [0.29, 0.717) is 12.0 Å². The lowest BCUT2D eigenvalue weighted by Gasteiger charge is -2.22. The van der Waals surface area contributed by atoms with E-state index in [0.717, 1.165) is 11.4 Å². The molecular formula is C17H24N6O5S. The fourth-order valence-corrected chi connectivity index (χ4v) is 3.39. The van der Waals surface area contributed by atoms with Gasteiger partial charge in [0.25, 0.3) is 5.69 Å². The third kappa shape index (κ3) is 6.32. The zero-order chi connectivity index (χ0) is 21.6. The van der Waals surface area contributed by atoms with Crippen LogP contribution in [0.25, 0.3) is 0 Å². The molecule has 0 unspecified atom stereocenters. The largest absolute Gasteiger partial charge is 0.444 e. The normalized spacial score (nSPS) is 18.8. The zero-order valence-corrected chi connectivity index (χ0v) is 16.8. The number of carbonyl (C=O) groups is 2. The minimum absolute atomic E-state index is 0.0269. The van der Waals surface area contributed by atoms with Crippen LogP contribution in [-0.4, -0.2) is 70.7 Å². The molecular weight excluding hydrogens is 400 g/mol. The van der Waals surface area contributed by atoms with Crippen LogP contribution in [0.3, 0.4) is 0 Å². The van der Waals surface area contributed by atoms with Gasteiger partial charge in [0, 0.05) is 37.0 Å². The molecule has 1 aliphatic heterocycles. The van der Waals surface area contributed by atoms with Gasteiger partial charge < -0.3 is 15.8 Å². The molecule has 0 bridgehead atoms. The number of rotatable bonds is 7. The van der Waals surface area contributed by atoms with Gasteiger partial charge in [-0.05, 0) is 31.2 Å². The monoisotopic (exact) mass is 424 g/mol. The molecule has 29 heavy (non-hydrogen) atoms. The molecule has 1 aromatic rings. The zero-order valence-electron chi connectivity index (χ0n) is 15.9. The van der Waals surface area contributed by atoms with Crippen molar-refractivity contribution < 1.29 is 19.2 Å².